The molecule has 0 aliphatic heterocycles. The molecule has 11 heteroatoms. The molecule has 0 saturated heterocycles. The Morgan fingerprint density at radius 3 is 1.63 bits per heavy atom. The molecule has 0 aromatic heterocycles. The van der Waals surface area contributed by atoms with Crippen molar-refractivity contribution >= 4 is 25.5 Å². The van der Waals surface area contributed by atoms with Crippen LogP contribution in [0.2, 0.25) is 0 Å². The van der Waals surface area contributed by atoms with Gasteiger partial charge in [-0.3, -0.25) is 23.4 Å². The summed E-state index contributed by atoms with van der Waals surface area (Å²) < 4.78 is 34.2. The Hall–Kier alpha value is -1.84. The van der Waals surface area contributed by atoms with E-state index in [9.17, 15) is 23.8 Å². The van der Waals surface area contributed by atoms with Crippen molar-refractivity contribution < 1.29 is 46.8 Å². The van der Waals surface area contributed by atoms with Gasteiger partial charge >= 0.3 is 19.8 Å². The summed E-state index contributed by atoms with van der Waals surface area (Å²) >= 11 is 0. The van der Waals surface area contributed by atoms with Crippen molar-refractivity contribution in [3.05, 3.63) is 24.3 Å². The molecule has 0 radical (unpaired) electrons. The SMILES string of the molecule is CCCCC/C=C\C=C\C(=O)CCCCCCCC(=O)O[C@H](COC(=O)CCCCCCCCCCCCCCCC)COP(=O)(O)OCC[N+](C)(C)C. The first-order valence-electron chi connectivity index (χ1n) is 21.5. The second kappa shape index (κ2) is 35.6. The largest absolute Gasteiger partial charge is 0.472 e. The van der Waals surface area contributed by atoms with Crippen molar-refractivity contribution in [3.63, 3.8) is 0 Å². The monoisotopic (exact) mass is 787 g/mol. The quantitative estimate of drug-likeness (QED) is 0.0162. The normalized spacial score (nSPS) is 13.7. The second-order valence-electron chi connectivity index (χ2n) is 15.8. The molecule has 0 saturated carbocycles. The van der Waals surface area contributed by atoms with Gasteiger partial charge in [0.25, 0.3) is 0 Å². The topological polar surface area (TPSA) is 125 Å². The number of unbranched alkanes of at least 4 members (excludes halogenated alkanes) is 20. The lowest BCUT2D eigenvalue weighted by atomic mass is 10.0. The minimum Gasteiger partial charge on any atom is -0.462 e. The zero-order chi connectivity index (χ0) is 40.2. The molecular formula is C43H81NO9P+. The molecule has 0 aromatic carbocycles. The van der Waals surface area contributed by atoms with Crippen LogP contribution in [-0.4, -0.2) is 80.7 Å². The lowest BCUT2D eigenvalue weighted by Gasteiger charge is -2.24. The van der Waals surface area contributed by atoms with Crippen LogP contribution in [0.25, 0.3) is 0 Å². The first kappa shape index (κ1) is 52.2. The van der Waals surface area contributed by atoms with E-state index in [1.165, 1.54) is 89.9 Å². The molecule has 0 heterocycles. The standard InChI is InChI=1S/C43H80NO9P/c1-6-8-10-12-14-15-16-17-18-19-20-22-26-30-34-42(46)50-38-41(39-52-54(48,49)51-37-36-44(3,4)5)53-43(47)35-31-27-23-25-29-33-40(45)32-28-24-21-13-11-9-7-2/h21,24,28,32,41H,6-20,22-23,25-27,29-31,33-39H2,1-5H3/p+1/b24-21-,32-28+/t41-/m1/s1. The fraction of sp³-hybridized carbons (Fsp3) is 0.837. The molecule has 1 N–H and O–H groups in total. The van der Waals surface area contributed by atoms with Gasteiger partial charge in [-0.1, -0.05) is 148 Å². The van der Waals surface area contributed by atoms with E-state index in [0.29, 0.717) is 23.9 Å². The molecular weight excluding hydrogens is 705 g/mol. The summed E-state index contributed by atoms with van der Waals surface area (Å²) in [7, 11) is 1.40. The van der Waals surface area contributed by atoms with Crippen LogP contribution in [0.1, 0.15) is 181 Å². The first-order valence-corrected chi connectivity index (χ1v) is 23.0. The molecule has 0 fully saturated rings. The molecule has 1 unspecified atom stereocenters. The first-order chi connectivity index (χ1) is 25.9. The number of phosphoric ester groups is 1. The van der Waals surface area contributed by atoms with Crippen LogP contribution in [-0.2, 0) is 37.5 Å². The molecule has 0 aliphatic carbocycles. The third-order valence-corrected chi connectivity index (χ3v) is 10.2. The van der Waals surface area contributed by atoms with Crippen molar-refractivity contribution in [3.8, 4) is 0 Å². The molecule has 54 heavy (non-hydrogen) atoms. The van der Waals surface area contributed by atoms with Crippen LogP contribution in [0.4, 0.5) is 0 Å². The second-order valence-corrected chi connectivity index (χ2v) is 17.2. The number of esters is 2. The summed E-state index contributed by atoms with van der Waals surface area (Å²) in [6, 6.07) is 0. The lowest BCUT2D eigenvalue weighted by molar-refractivity contribution is -0.870. The van der Waals surface area contributed by atoms with Crippen LogP contribution in [0.15, 0.2) is 24.3 Å². The minimum atomic E-state index is -4.40. The minimum absolute atomic E-state index is 0.0112. The zero-order valence-corrected chi connectivity index (χ0v) is 36.1. The Balaban J connectivity index is 4.45. The maximum atomic E-state index is 12.7. The van der Waals surface area contributed by atoms with Crippen LogP contribution in [0.5, 0.6) is 0 Å². The Kier molecular flexibility index (Phi) is 34.4. The highest BCUT2D eigenvalue weighted by atomic mass is 31.2. The van der Waals surface area contributed by atoms with Crippen molar-refractivity contribution in [2.75, 3.05) is 47.5 Å². The summed E-state index contributed by atoms with van der Waals surface area (Å²) in [5.41, 5.74) is 0. The van der Waals surface area contributed by atoms with Gasteiger partial charge in [-0.05, 0) is 38.2 Å². The summed E-state index contributed by atoms with van der Waals surface area (Å²) in [6.45, 7) is 4.23. The Bertz CT molecular complexity index is 1040. The van der Waals surface area contributed by atoms with E-state index in [1.54, 1.807) is 6.08 Å². The third-order valence-electron chi connectivity index (χ3n) is 9.21. The number of ketones is 1. The fourth-order valence-electron chi connectivity index (χ4n) is 5.76. The third kappa shape index (κ3) is 38.4. The Morgan fingerprint density at radius 2 is 1.09 bits per heavy atom. The van der Waals surface area contributed by atoms with Crippen LogP contribution >= 0.6 is 7.82 Å². The highest BCUT2D eigenvalue weighted by molar-refractivity contribution is 7.47. The van der Waals surface area contributed by atoms with Gasteiger partial charge in [0.2, 0.25) is 0 Å². The van der Waals surface area contributed by atoms with Crippen molar-refractivity contribution in [1.82, 2.24) is 0 Å². The molecule has 0 spiro atoms. The maximum absolute atomic E-state index is 12.7. The van der Waals surface area contributed by atoms with Crippen molar-refractivity contribution in [1.29, 1.82) is 0 Å². The van der Waals surface area contributed by atoms with Gasteiger partial charge in [-0.25, -0.2) is 4.57 Å². The van der Waals surface area contributed by atoms with E-state index >= 15 is 0 Å². The number of ether oxygens (including phenoxy) is 2. The van der Waals surface area contributed by atoms with E-state index in [-0.39, 0.29) is 31.8 Å². The Morgan fingerprint density at radius 1 is 0.611 bits per heavy atom. The molecule has 0 bridgehead atoms. The van der Waals surface area contributed by atoms with Gasteiger partial charge in [-0.2, -0.15) is 0 Å². The number of allylic oxidation sites excluding steroid dienone is 4. The Labute approximate surface area is 330 Å². The van der Waals surface area contributed by atoms with Gasteiger partial charge in [0.15, 0.2) is 11.9 Å². The van der Waals surface area contributed by atoms with Gasteiger partial charge in [0.1, 0.15) is 19.8 Å². The van der Waals surface area contributed by atoms with E-state index in [1.807, 2.05) is 33.3 Å². The van der Waals surface area contributed by atoms with Gasteiger partial charge < -0.3 is 18.9 Å². The van der Waals surface area contributed by atoms with Gasteiger partial charge in [-0.15, -0.1) is 0 Å². The van der Waals surface area contributed by atoms with Crippen LogP contribution in [0, 0.1) is 0 Å². The zero-order valence-electron chi connectivity index (χ0n) is 35.2. The summed E-state index contributed by atoms with van der Waals surface area (Å²) in [4.78, 5) is 47.4. The highest BCUT2D eigenvalue weighted by Crippen LogP contribution is 2.43. The summed E-state index contributed by atoms with van der Waals surface area (Å²) in [5.74, 6) is -0.765. The number of rotatable bonds is 39. The molecule has 10 nitrogen and oxygen atoms in total. The van der Waals surface area contributed by atoms with E-state index in [4.69, 9.17) is 18.5 Å². The number of hydrogen-bond donors (Lipinski definition) is 1. The number of hydrogen-bond acceptors (Lipinski definition) is 8. The molecule has 0 rings (SSSR count). The highest BCUT2D eigenvalue weighted by Gasteiger charge is 2.27. The molecule has 316 valence electrons. The summed E-state index contributed by atoms with van der Waals surface area (Å²) in [5, 5.41) is 0. The average molecular weight is 787 g/mol. The average Bonchev–Trinajstić information content (AvgIpc) is 3.11. The smallest absolute Gasteiger partial charge is 0.462 e. The predicted octanol–water partition coefficient (Wildman–Crippen LogP) is 11.1. The number of carbonyl (C=O) groups excluding carboxylic acids is 3. The van der Waals surface area contributed by atoms with Crippen LogP contribution in [0.3, 0.4) is 0 Å². The fourth-order valence-corrected chi connectivity index (χ4v) is 6.50. The van der Waals surface area contributed by atoms with E-state index < -0.39 is 32.5 Å². The van der Waals surface area contributed by atoms with Gasteiger partial charge in [0, 0.05) is 19.3 Å². The molecule has 0 aromatic rings. The lowest BCUT2D eigenvalue weighted by Crippen LogP contribution is -2.37. The maximum Gasteiger partial charge on any atom is 0.472 e. The van der Waals surface area contributed by atoms with E-state index in [2.05, 4.69) is 19.9 Å². The number of nitrogens with zero attached hydrogens (tertiary/aromatic N) is 1. The van der Waals surface area contributed by atoms with Crippen LogP contribution < -0.4 is 0 Å². The number of carbonyl (C=O) groups is 3. The number of phosphoric acid groups is 1. The number of likely N-dealkylation sites (N-methyl/N-ethyl adjacent to an activating group) is 1. The van der Waals surface area contributed by atoms with Crippen molar-refractivity contribution in [2.24, 2.45) is 0 Å². The molecule has 2 atom stereocenters. The molecule has 0 amide bonds. The molecule has 0 aliphatic rings. The van der Waals surface area contributed by atoms with Gasteiger partial charge in [0.05, 0.1) is 27.7 Å². The van der Waals surface area contributed by atoms with Crippen molar-refractivity contribution in [2.45, 2.75) is 187 Å². The predicted molar refractivity (Wildman–Crippen MR) is 220 cm³/mol. The summed E-state index contributed by atoms with van der Waals surface area (Å²) in [6.07, 6.45) is 33.2. The number of quaternary nitrogens is 1. The van der Waals surface area contributed by atoms with E-state index in [0.717, 1.165) is 51.4 Å².